The van der Waals surface area contributed by atoms with Crippen LogP contribution in [0, 0.1) is 0 Å². The van der Waals surface area contributed by atoms with Gasteiger partial charge in [0, 0.05) is 13.1 Å². The molecule has 0 aliphatic carbocycles. The smallest absolute Gasteiger partial charge is 0.221 e. The molecule has 0 saturated carbocycles. The molecule has 3 rings (SSSR count). The molecule has 2 atom stereocenters. The Balaban J connectivity index is 1.65. The van der Waals surface area contributed by atoms with E-state index in [-0.39, 0.29) is 26.3 Å². The second kappa shape index (κ2) is 5.56. The molecule has 0 spiro atoms. The molecule has 9 heteroatoms. The van der Waals surface area contributed by atoms with Gasteiger partial charge in [0.1, 0.15) is 17.5 Å². The molecular weight excluding hydrogens is 298 g/mol. The van der Waals surface area contributed by atoms with Crippen LogP contribution in [-0.2, 0) is 21.3 Å². The Morgan fingerprint density at radius 2 is 2.24 bits per heavy atom. The summed E-state index contributed by atoms with van der Waals surface area (Å²) in [6.45, 7) is 3.34. The minimum absolute atomic E-state index is 0.0609. The molecule has 0 bridgehead atoms. The van der Waals surface area contributed by atoms with E-state index in [9.17, 15) is 13.5 Å². The highest BCUT2D eigenvalue weighted by Gasteiger charge is 2.44. The van der Waals surface area contributed by atoms with Crippen LogP contribution in [0.3, 0.4) is 0 Å². The number of sulfonamides is 1. The zero-order valence-electron chi connectivity index (χ0n) is 11.8. The van der Waals surface area contributed by atoms with Crippen molar-refractivity contribution >= 4 is 10.0 Å². The molecule has 21 heavy (non-hydrogen) atoms. The highest BCUT2D eigenvalue weighted by Crippen LogP contribution is 2.24. The standard InChI is InChI=1S/C12H19N3O5S/c1-2-14-4-9(3-13-14)20-12-6-15(5-11(12)16)21(17,18)10-7-19-8-10/h3-4,10-12,16H,2,5-8H2,1H3/t11-,12-/m1/s1. The lowest BCUT2D eigenvalue weighted by molar-refractivity contribution is 0.0393. The summed E-state index contributed by atoms with van der Waals surface area (Å²) in [6, 6.07) is 0. The van der Waals surface area contributed by atoms with Crippen LogP contribution in [0.2, 0.25) is 0 Å². The first-order valence-electron chi connectivity index (χ1n) is 6.94. The van der Waals surface area contributed by atoms with Crippen molar-refractivity contribution in [1.29, 1.82) is 0 Å². The molecule has 8 nitrogen and oxygen atoms in total. The normalized spacial score (nSPS) is 27.7. The average Bonchev–Trinajstić information content (AvgIpc) is 2.95. The number of hydrogen-bond donors (Lipinski definition) is 1. The minimum atomic E-state index is -3.41. The summed E-state index contributed by atoms with van der Waals surface area (Å²) in [7, 11) is -3.41. The topological polar surface area (TPSA) is 93.9 Å². The van der Waals surface area contributed by atoms with Crippen molar-refractivity contribution in [3.8, 4) is 5.75 Å². The summed E-state index contributed by atoms with van der Waals surface area (Å²) in [5.41, 5.74) is 0. The first-order valence-corrected chi connectivity index (χ1v) is 8.45. The van der Waals surface area contributed by atoms with Gasteiger partial charge in [-0.05, 0) is 6.92 Å². The number of rotatable bonds is 5. The molecule has 0 radical (unpaired) electrons. The van der Waals surface area contributed by atoms with Gasteiger partial charge < -0.3 is 14.6 Å². The fourth-order valence-corrected chi connectivity index (χ4v) is 4.07. The number of nitrogens with zero attached hydrogens (tertiary/aromatic N) is 3. The number of aliphatic hydroxyl groups excluding tert-OH is 1. The van der Waals surface area contributed by atoms with Crippen LogP contribution >= 0.6 is 0 Å². The molecule has 1 aromatic heterocycles. The predicted molar refractivity (Wildman–Crippen MR) is 73.4 cm³/mol. The van der Waals surface area contributed by atoms with E-state index in [2.05, 4.69) is 5.10 Å². The third-order valence-corrected chi connectivity index (χ3v) is 5.95. The molecule has 2 aliphatic rings. The van der Waals surface area contributed by atoms with Crippen LogP contribution in [0.4, 0.5) is 0 Å². The number of β-amino-alcohol motifs (C(OH)–C–C–N with tert-alkyl or cyclic N) is 1. The maximum atomic E-state index is 12.3. The molecule has 2 aliphatic heterocycles. The highest BCUT2D eigenvalue weighted by atomic mass is 32.2. The largest absolute Gasteiger partial charge is 0.483 e. The zero-order chi connectivity index (χ0) is 15.0. The van der Waals surface area contributed by atoms with Crippen molar-refractivity contribution < 1.29 is 23.0 Å². The summed E-state index contributed by atoms with van der Waals surface area (Å²) < 4.78 is 38.1. The van der Waals surface area contributed by atoms with Gasteiger partial charge in [0.15, 0.2) is 5.75 Å². The third kappa shape index (κ3) is 2.78. The summed E-state index contributed by atoms with van der Waals surface area (Å²) in [5, 5.41) is 13.6. The predicted octanol–water partition coefficient (Wildman–Crippen LogP) is -0.944. The van der Waals surface area contributed by atoms with Crippen molar-refractivity contribution in [3.63, 3.8) is 0 Å². The second-order valence-corrected chi connectivity index (χ2v) is 7.49. The Morgan fingerprint density at radius 3 is 2.81 bits per heavy atom. The SMILES string of the molecule is CCn1cc(O[C@@H]2CN(S(=O)(=O)C3COC3)C[C@H]2O)cn1. The fraction of sp³-hybridized carbons (Fsp3) is 0.750. The highest BCUT2D eigenvalue weighted by molar-refractivity contribution is 7.89. The van der Waals surface area contributed by atoms with Crippen molar-refractivity contribution in [2.75, 3.05) is 26.3 Å². The lowest BCUT2D eigenvalue weighted by atomic mass is 10.3. The van der Waals surface area contributed by atoms with E-state index in [0.29, 0.717) is 5.75 Å². The molecule has 2 fully saturated rings. The molecule has 0 aromatic carbocycles. The molecule has 1 N–H and O–H groups in total. The quantitative estimate of drug-likeness (QED) is 0.753. The number of hydrogen-bond acceptors (Lipinski definition) is 6. The second-order valence-electron chi connectivity index (χ2n) is 5.28. The monoisotopic (exact) mass is 317 g/mol. The van der Waals surface area contributed by atoms with Gasteiger partial charge in [-0.15, -0.1) is 0 Å². The Labute approximate surface area is 123 Å². The van der Waals surface area contributed by atoms with Crippen molar-refractivity contribution in [3.05, 3.63) is 12.4 Å². The Morgan fingerprint density at radius 1 is 1.48 bits per heavy atom. The Hall–Kier alpha value is -1.16. The van der Waals surface area contributed by atoms with E-state index in [0.717, 1.165) is 6.54 Å². The molecule has 3 heterocycles. The van der Waals surface area contributed by atoms with Gasteiger partial charge in [-0.1, -0.05) is 0 Å². The molecule has 0 amide bonds. The van der Waals surface area contributed by atoms with Crippen LogP contribution < -0.4 is 4.74 Å². The third-order valence-electron chi connectivity index (χ3n) is 3.81. The number of aryl methyl sites for hydroxylation is 1. The lowest BCUT2D eigenvalue weighted by Gasteiger charge is -2.29. The van der Waals surface area contributed by atoms with Crippen molar-refractivity contribution in [1.82, 2.24) is 14.1 Å². The van der Waals surface area contributed by atoms with Crippen LogP contribution in [0.5, 0.6) is 5.75 Å². The summed E-state index contributed by atoms with van der Waals surface area (Å²) in [4.78, 5) is 0. The maximum absolute atomic E-state index is 12.3. The van der Waals surface area contributed by atoms with Crippen molar-refractivity contribution in [2.24, 2.45) is 0 Å². The lowest BCUT2D eigenvalue weighted by Crippen LogP contribution is -2.48. The molecule has 2 saturated heterocycles. The van der Waals surface area contributed by atoms with E-state index < -0.39 is 27.5 Å². The van der Waals surface area contributed by atoms with Gasteiger partial charge in [0.2, 0.25) is 10.0 Å². The maximum Gasteiger partial charge on any atom is 0.221 e. The van der Waals surface area contributed by atoms with Crippen LogP contribution in [-0.4, -0.2) is 71.4 Å². The van der Waals surface area contributed by atoms with Gasteiger partial charge in [0.25, 0.3) is 0 Å². The van der Waals surface area contributed by atoms with E-state index in [1.807, 2.05) is 6.92 Å². The molecule has 0 unspecified atom stereocenters. The Kier molecular flexibility index (Phi) is 3.91. The van der Waals surface area contributed by atoms with Gasteiger partial charge in [-0.2, -0.15) is 9.40 Å². The first-order chi connectivity index (χ1) is 10.0. The summed E-state index contributed by atoms with van der Waals surface area (Å²) in [6.07, 6.45) is 1.87. The molecule has 118 valence electrons. The van der Waals surface area contributed by atoms with E-state index in [1.54, 1.807) is 17.1 Å². The molecular formula is C12H19N3O5S. The van der Waals surface area contributed by atoms with Crippen LogP contribution in [0.15, 0.2) is 12.4 Å². The summed E-state index contributed by atoms with van der Waals surface area (Å²) >= 11 is 0. The minimum Gasteiger partial charge on any atom is -0.483 e. The first kappa shape index (κ1) is 14.8. The number of ether oxygens (including phenoxy) is 2. The van der Waals surface area contributed by atoms with Gasteiger partial charge >= 0.3 is 0 Å². The molecule has 1 aromatic rings. The van der Waals surface area contributed by atoms with Crippen LogP contribution in [0.1, 0.15) is 6.92 Å². The fourth-order valence-electron chi connectivity index (χ4n) is 2.40. The van der Waals surface area contributed by atoms with Gasteiger partial charge in [-0.25, -0.2) is 8.42 Å². The van der Waals surface area contributed by atoms with Gasteiger partial charge in [-0.3, -0.25) is 4.68 Å². The zero-order valence-corrected chi connectivity index (χ0v) is 12.6. The number of aromatic nitrogens is 2. The van der Waals surface area contributed by atoms with E-state index in [4.69, 9.17) is 9.47 Å². The summed E-state index contributed by atoms with van der Waals surface area (Å²) in [5.74, 6) is 0.534. The number of aliphatic hydroxyl groups is 1. The van der Waals surface area contributed by atoms with Crippen LogP contribution in [0.25, 0.3) is 0 Å². The average molecular weight is 317 g/mol. The van der Waals surface area contributed by atoms with E-state index >= 15 is 0 Å². The Bertz CT molecular complexity index is 598. The van der Waals surface area contributed by atoms with Gasteiger partial charge in [0.05, 0.1) is 32.2 Å². The van der Waals surface area contributed by atoms with Crippen molar-refractivity contribution in [2.45, 2.75) is 30.9 Å². The van der Waals surface area contributed by atoms with E-state index in [1.165, 1.54) is 4.31 Å².